The van der Waals surface area contributed by atoms with Crippen molar-refractivity contribution >= 4 is 17.2 Å². The Labute approximate surface area is 166 Å². The lowest BCUT2D eigenvalue weighted by Crippen LogP contribution is -2.23. The molecule has 0 aromatic carbocycles. The second-order valence-electron chi connectivity index (χ2n) is 6.34. The Morgan fingerprint density at radius 2 is 2.04 bits per heavy atom. The van der Waals surface area contributed by atoms with Crippen LogP contribution in [0.3, 0.4) is 0 Å². The predicted molar refractivity (Wildman–Crippen MR) is 107 cm³/mol. The molecule has 3 heterocycles. The van der Waals surface area contributed by atoms with Crippen LogP contribution in [0.25, 0.3) is 10.6 Å². The summed E-state index contributed by atoms with van der Waals surface area (Å²) in [5.41, 5.74) is 3.24. The van der Waals surface area contributed by atoms with E-state index in [4.69, 9.17) is 4.74 Å². The van der Waals surface area contributed by atoms with Crippen LogP contribution in [-0.4, -0.2) is 32.8 Å². The van der Waals surface area contributed by atoms with Gasteiger partial charge < -0.3 is 10.1 Å². The molecule has 3 aromatic rings. The molecule has 3 aromatic heterocycles. The van der Waals surface area contributed by atoms with Crippen molar-refractivity contribution in [2.45, 2.75) is 27.3 Å². The third-order valence-corrected chi connectivity index (χ3v) is 5.58. The zero-order valence-electron chi connectivity index (χ0n) is 16.4. The normalized spacial score (nSPS) is 10.8. The van der Waals surface area contributed by atoms with Gasteiger partial charge in [0.05, 0.1) is 24.1 Å². The lowest BCUT2D eigenvalue weighted by Gasteiger charge is -2.07. The first-order valence-electron chi connectivity index (χ1n) is 8.61. The minimum atomic E-state index is -0.239. The smallest absolute Gasteiger partial charge is 0.277 e. The molecule has 1 N–H and O–H groups in total. The number of nitrogens with one attached hydrogen (secondary N) is 1. The molecule has 0 spiro atoms. The summed E-state index contributed by atoms with van der Waals surface area (Å²) in [7, 11) is 3.15. The summed E-state index contributed by atoms with van der Waals surface area (Å²) in [6, 6.07) is 3.57. The van der Waals surface area contributed by atoms with Crippen molar-refractivity contribution in [3.8, 4) is 16.5 Å². The standard InChI is InChI=1S/C19H21N5O3S/c1-10-11(2)23-24(4)19(26)15(10)18-22-12(3)16(28-18)17(25)21-9-13-6-7-20-14(8-13)27-5/h6-8H,9H2,1-5H3,(H,21,25). The van der Waals surface area contributed by atoms with Gasteiger partial charge in [-0.15, -0.1) is 11.3 Å². The third-order valence-electron chi connectivity index (χ3n) is 4.40. The third kappa shape index (κ3) is 3.79. The second kappa shape index (κ2) is 7.89. The van der Waals surface area contributed by atoms with E-state index < -0.39 is 0 Å². The van der Waals surface area contributed by atoms with Crippen molar-refractivity contribution in [3.63, 3.8) is 0 Å². The van der Waals surface area contributed by atoms with Gasteiger partial charge in [0.25, 0.3) is 11.5 Å². The number of carbonyl (C=O) groups is 1. The van der Waals surface area contributed by atoms with E-state index in [9.17, 15) is 9.59 Å². The largest absolute Gasteiger partial charge is 0.481 e. The van der Waals surface area contributed by atoms with Crippen LogP contribution in [0.1, 0.15) is 32.2 Å². The summed E-state index contributed by atoms with van der Waals surface area (Å²) in [5, 5.41) is 7.59. The molecule has 0 aliphatic carbocycles. The van der Waals surface area contributed by atoms with Crippen LogP contribution < -0.4 is 15.6 Å². The summed E-state index contributed by atoms with van der Waals surface area (Å²) < 4.78 is 6.39. The predicted octanol–water partition coefficient (Wildman–Crippen LogP) is 2.16. The van der Waals surface area contributed by atoms with Gasteiger partial charge in [0.1, 0.15) is 9.88 Å². The lowest BCUT2D eigenvalue weighted by molar-refractivity contribution is 0.0954. The van der Waals surface area contributed by atoms with Crippen LogP contribution in [0.2, 0.25) is 0 Å². The first-order chi connectivity index (χ1) is 13.3. The van der Waals surface area contributed by atoms with Crippen molar-refractivity contribution in [2.75, 3.05) is 7.11 Å². The summed E-state index contributed by atoms with van der Waals surface area (Å²) >= 11 is 1.21. The molecule has 0 unspecified atom stereocenters. The molecule has 0 saturated carbocycles. The van der Waals surface area contributed by atoms with Gasteiger partial charge >= 0.3 is 0 Å². The van der Waals surface area contributed by atoms with E-state index in [2.05, 4.69) is 20.4 Å². The summed E-state index contributed by atoms with van der Waals surface area (Å²) in [6.07, 6.45) is 1.63. The highest BCUT2D eigenvalue weighted by molar-refractivity contribution is 7.17. The van der Waals surface area contributed by atoms with Crippen molar-refractivity contribution in [1.82, 2.24) is 25.1 Å². The number of methoxy groups -OCH3 is 1. The van der Waals surface area contributed by atoms with Gasteiger partial charge in [0.2, 0.25) is 5.88 Å². The maximum absolute atomic E-state index is 12.7. The molecule has 9 heteroatoms. The number of carbonyl (C=O) groups excluding carboxylic acids is 1. The molecule has 0 bridgehead atoms. The number of aromatic nitrogens is 4. The van der Waals surface area contributed by atoms with E-state index in [1.165, 1.54) is 16.0 Å². The first-order valence-corrected chi connectivity index (χ1v) is 9.43. The van der Waals surface area contributed by atoms with Crippen molar-refractivity contribution in [2.24, 2.45) is 7.05 Å². The second-order valence-corrected chi connectivity index (χ2v) is 7.34. The fourth-order valence-corrected chi connectivity index (χ4v) is 3.83. The Hall–Kier alpha value is -3.07. The topological polar surface area (TPSA) is 99.0 Å². The van der Waals surface area contributed by atoms with Gasteiger partial charge in [-0.3, -0.25) is 9.59 Å². The maximum atomic E-state index is 12.7. The van der Waals surface area contributed by atoms with Crippen LogP contribution in [0.15, 0.2) is 23.1 Å². The van der Waals surface area contributed by atoms with E-state index in [1.54, 1.807) is 39.4 Å². The molecule has 146 valence electrons. The molecule has 3 rings (SSSR count). The van der Waals surface area contributed by atoms with Gasteiger partial charge in [-0.05, 0) is 38.0 Å². The van der Waals surface area contributed by atoms with Gasteiger partial charge in [0, 0.05) is 25.9 Å². The van der Waals surface area contributed by atoms with Crippen LogP contribution in [0, 0.1) is 20.8 Å². The molecule has 28 heavy (non-hydrogen) atoms. The zero-order valence-corrected chi connectivity index (χ0v) is 17.2. The van der Waals surface area contributed by atoms with E-state index in [-0.39, 0.29) is 11.5 Å². The van der Waals surface area contributed by atoms with Crippen molar-refractivity contribution < 1.29 is 9.53 Å². The molecular formula is C19H21N5O3S. The number of pyridine rings is 1. The van der Waals surface area contributed by atoms with Crippen LogP contribution in [0.4, 0.5) is 0 Å². The number of nitrogens with zero attached hydrogens (tertiary/aromatic N) is 4. The number of thiazole rings is 1. The number of aryl methyl sites for hydroxylation is 3. The SMILES string of the molecule is COc1cc(CNC(=O)c2sc(-c3c(C)c(C)nn(C)c3=O)nc2C)ccn1. The minimum Gasteiger partial charge on any atom is -0.481 e. The van der Waals surface area contributed by atoms with E-state index >= 15 is 0 Å². The number of hydrogen-bond donors (Lipinski definition) is 1. The average molecular weight is 399 g/mol. The highest BCUT2D eigenvalue weighted by atomic mass is 32.1. The molecule has 8 nitrogen and oxygen atoms in total. The first kappa shape index (κ1) is 19.7. The summed E-state index contributed by atoms with van der Waals surface area (Å²) in [5.74, 6) is 0.250. The lowest BCUT2D eigenvalue weighted by atomic mass is 10.1. The van der Waals surface area contributed by atoms with Gasteiger partial charge in [0.15, 0.2) is 0 Å². The van der Waals surface area contributed by atoms with Crippen LogP contribution in [0.5, 0.6) is 5.88 Å². The van der Waals surface area contributed by atoms with Gasteiger partial charge in [-0.2, -0.15) is 5.10 Å². The highest BCUT2D eigenvalue weighted by Crippen LogP contribution is 2.28. The quantitative estimate of drug-likeness (QED) is 0.706. The molecule has 0 fully saturated rings. The number of hydrogen-bond acceptors (Lipinski definition) is 7. The van der Waals surface area contributed by atoms with E-state index in [0.29, 0.717) is 33.6 Å². The fourth-order valence-electron chi connectivity index (χ4n) is 2.75. The molecule has 0 saturated heterocycles. The van der Waals surface area contributed by atoms with Crippen LogP contribution >= 0.6 is 11.3 Å². The Morgan fingerprint density at radius 1 is 1.29 bits per heavy atom. The summed E-state index contributed by atoms with van der Waals surface area (Å²) in [6.45, 7) is 5.78. The number of amides is 1. The number of ether oxygens (including phenoxy) is 1. The minimum absolute atomic E-state index is 0.229. The fraction of sp³-hybridized carbons (Fsp3) is 0.316. The average Bonchev–Trinajstić information content (AvgIpc) is 3.06. The van der Waals surface area contributed by atoms with E-state index in [0.717, 1.165) is 16.8 Å². The molecule has 0 atom stereocenters. The molecule has 1 amide bonds. The highest BCUT2D eigenvalue weighted by Gasteiger charge is 2.21. The Balaban J connectivity index is 1.86. The zero-order chi connectivity index (χ0) is 20.4. The summed E-state index contributed by atoms with van der Waals surface area (Å²) in [4.78, 5) is 34.2. The Morgan fingerprint density at radius 3 is 2.75 bits per heavy atom. The number of rotatable bonds is 5. The Bertz CT molecular complexity index is 1100. The molecule has 0 aliphatic heterocycles. The van der Waals surface area contributed by atoms with Gasteiger partial charge in [-0.25, -0.2) is 14.6 Å². The van der Waals surface area contributed by atoms with Crippen LogP contribution in [-0.2, 0) is 13.6 Å². The molecular weight excluding hydrogens is 378 g/mol. The molecule has 0 aliphatic rings. The van der Waals surface area contributed by atoms with E-state index in [1.807, 2.05) is 13.8 Å². The van der Waals surface area contributed by atoms with Crippen molar-refractivity contribution in [1.29, 1.82) is 0 Å². The van der Waals surface area contributed by atoms with Gasteiger partial charge in [-0.1, -0.05) is 0 Å². The Kier molecular flexibility index (Phi) is 5.55. The monoisotopic (exact) mass is 399 g/mol. The van der Waals surface area contributed by atoms with Crippen molar-refractivity contribution in [3.05, 3.63) is 56.1 Å². The maximum Gasteiger partial charge on any atom is 0.277 e. The molecule has 0 radical (unpaired) electrons.